The Morgan fingerprint density at radius 1 is 1.18 bits per heavy atom. The first-order chi connectivity index (χ1) is 10.4. The highest BCUT2D eigenvalue weighted by Gasteiger charge is 2.32. The van der Waals surface area contributed by atoms with E-state index in [1.54, 1.807) is 13.1 Å². The summed E-state index contributed by atoms with van der Waals surface area (Å²) in [5.74, 6) is 0.756. The van der Waals surface area contributed by atoms with E-state index >= 15 is 0 Å². The molecule has 1 aliphatic heterocycles. The van der Waals surface area contributed by atoms with Crippen molar-refractivity contribution >= 4 is 26.0 Å². The number of benzene rings is 1. The number of sulfonamides is 1. The number of ether oxygens (including phenoxy) is 2. The van der Waals surface area contributed by atoms with E-state index in [0.29, 0.717) is 16.0 Å². The van der Waals surface area contributed by atoms with E-state index in [0.717, 1.165) is 25.9 Å². The zero-order valence-electron chi connectivity index (χ0n) is 12.9. The van der Waals surface area contributed by atoms with Crippen molar-refractivity contribution in [3.05, 3.63) is 16.6 Å². The average Bonchev–Trinajstić information content (AvgIpc) is 2.54. The second kappa shape index (κ2) is 7.16. The summed E-state index contributed by atoms with van der Waals surface area (Å²) in [6.07, 6.45) is 1.59. The third-order valence-corrected chi connectivity index (χ3v) is 6.47. The van der Waals surface area contributed by atoms with E-state index in [1.165, 1.54) is 24.6 Å². The van der Waals surface area contributed by atoms with Gasteiger partial charge >= 0.3 is 0 Å². The highest BCUT2D eigenvalue weighted by molar-refractivity contribution is 9.10. The third kappa shape index (κ3) is 3.40. The lowest BCUT2D eigenvalue weighted by molar-refractivity contribution is 0.295. The van der Waals surface area contributed by atoms with E-state index < -0.39 is 10.0 Å². The molecule has 0 spiro atoms. The van der Waals surface area contributed by atoms with E-state index in [1.807, 2.05) is 0 Å². The van der Waals surface area contributed by atoms with Crippen molar-refractivity contribution in [1.82, 2.24) is 9.62 Å². The summed E-state index contributed by atoms with van der Waals surface area (Å²) in [6.45, 7) is 1.65. The van der Waals surface area contributed by atoms with Crippen molar-refractivity contribution in [2.24, 2.45) is 0 Å². The maximum absolute atomic E-state index is 12.9. The number of halogens is 1. The molecule has 0 unspecified atom stereocenters. The van der Waals surface area contributed by atoms with Gasteiger partial charge in [0.2, 0.25) is 10.0 Å². The van der Waals surface area contributed by atoms with Gasteiger partial charge in [0.15, 0.2) is 0 Å². The van der Waals surface area contributed by atoms with Crippen LogP contribution >= 0.6 is 15.9 Å². The van der Waals surface area contributed by atoms with Crippen LogP contribution in [0.25, 0.3) is 0 Å². The van der Waals surface area contributed by atoms with E-state index in [2.05, 4.69) is 21.2 Å². The minimum atomic E-state index is -3.65. The summed E-state index contributed by atoms with van der Waals surface area (Å²) < 4.78 is 38.4. The molecule has 1 aromatic rings. The van der Waals surface area contributed by atoms with E-state index in [-0.39, 0.29) is 10.9 Å². The molecule has 0 atom stereocenters. The lowest BCUT2D eigenvalue weighted by Gasteiger charge is -2.31. The van der Waals surface area contributed by atoms with Crippen LogP contribution in [0, 0.1) is 0 Å². The Labute approximate surface area is 140 Å². The summed E-state index contributed by atoms with van der Waals surface area (Å²) in [6, 6.07) is 3.10. The fraction of sp³-hybridized carbons (Fsp3) is 0.571. The molecule has 1 aliphatic rings. The average molecular weight is 393 g/mol. The molecule has 0 amide bonds. The molecule has 2 rings (SSSR count). The minimum absolute atomic E-state index is 0.00871. The Balaban J connectivity index is 2.43. The number of nitrogens with one attached hydrogen (secondary N) is 1. The topological polar surface area (TPSA) is 67.9 Å². The Morgan fingerprint density at radius 3 is 2.32 bits per heavy atom. The zero-order chi connectivity index (χ0) is 16.3. The summed E-state index contributed by atoms with van der Waals surface area (Å²) in [7, 11) is 0.929. The quantitative estimate of drug-likeness (QED) is 0.827. The first-order valence-corrected chi connectivity index (χ1v) is 9.25. The molecule has 1 aromatic carbocycles. The normalized spacial score (nSPS) is 16.8. The summed E-state index contributed by atoms with van der Waals surface area (Å²) in [5.41, 5.74) is 0. The van der Waals surface area contributed by atoms with E-state index in [9.17, 15) is 8.42 Å². The summed E-state index contributed by atoms with van der Waals surface area (Å²) in [4.78, 5) is 0.121. The lowest BCUT2D eigenvalue weighted by atomic mass is 10.1. The molecular weight excluding hydrogens is 372 g/mol. The maximum Gasteiger partial charge on any atom is 0.246 e. The van der Waals surface area contributed by atoms with Crippen LogP contribution in [0.1, 0.15) is 12.8 Å². The van der Waals surface area contributed by atoms with Gasteiger partial charge in [0.25, 0.3) is 0 Å². The van der Waals surface area contributed by atoms with Gasteiger partial charge in [-0.3, -0.25) is 0 Å². The highest BCUT2D eigenvalue weighted by Crippen LogP contribution is 2.37. The monoisotopic (exact) mass is 392 g/mol. The van der Waals surface area contributed by atoms with E-state index in [4.69, 9.17) is 9.47 Å². The van der Waals surface area contributed by atoms with Crippen LogP contribution in [0.2, 0.25) is 0 Å². The second-order valence-corrected chi connectivity index (χ2v) is 7.96. The molecule has 0 saturated carbocycles. The SMILES string of the molecule is COc1cc(S(=O)(=O)N(C)C2CCNCC2)c(OC)cc1Br. The Hall–Kier alpha value is -0.830. The largest absolute Gasteiger partial charge is 0.496 e. The van der Waals surface area contributed by atoms with Crippen LogP contribution < -0.4 is 14.8 Å². The van der Waals surface area contributed by atoms with Gasteiger partial charge in [0, 0.05) is 19.2 Å². The molecule has 8 heteroatoms. The van der Waals surface area contributed by atoms with Gasteiger partial charge in [-0.05, 0) is 47.9 Å². The van der Waals surface area contributed by atoms with Crippen molar-refractivity contribution in [1.29, 1.82) is 0 Å². The molecule has 1 heterocycles. The molecule has 22 heavy (non-hydrogen) atoms. The molecule has 0 radical (unpaired) electrons. The number of nitrogens with zero attached hydrogens (tertiary/aromatic N) is 1. The molecule has 0 bridgehead atoms. The Kier molecular flexibility index (Phi) is 5.70. The van der Waals surface area contributed by atoms with Crippen molar-refractivity contribution in [2.45, 2.75) is 23.8 Å². The Bertz CT molecular complexity index is 630. The zero-order valence-corrected chi connectivity index (χ0v) is 15.3. The van der Waals surface area contributed by atoms with Gasteiger partial charge in [-0.25, -0.2) is 8.42 Å². The fourth-order valence-corrected chi connectivity index (χ4v) is 4.61. The van der Waals surface area contributed by atoms with Crippen molar-refractivity contribution < 1.29 is 17.9 Å². The number of piperidine rings is 1. The first kappa shape index (κ1) is 17.5. The smallest absolute Gasteiger partial charge is 0.246 e. The summed E-state index contributed by atoms with van der Waals surface area (Å²) in [5, 5.41) is 3.24. The van der Waals surface area contributed by atoms with Crippen LogP contribution in [0.5, 0.6) is 11.5 Å². The van der Waals surface area contributed by atoms with Crippen LogP contribution in [0.15, 0.2) is 21.5 Å². The number of methoxy groups -OCH3 is 2. The first-order valence-electron chi connectivity index (χ1n) is 7.02. The second-order valence-electron chi connectivity index (χ2n) is 5.14. The van der Waals surface area contributed by atoms with Gasteiger partial charge in [-0.2, -0.15) is 4.31 Å². The number of hydrogen-bond acceptors (Lipinski definition) is 5. The predicted molar refractivity (Wildman–Crippen MR) is 88.1 cm³/mol. The van der Waals surface area contributed by atoms with Gasteiger partial charge in [0.1, 0.15) is 16.4 Å². The molecule has 0 aliphatic carbocycles. The summed E-state index contributed by atoms with van der Waals surface area (Å²) >= 11 is 3.34. The standard InChI is InChI=1S/C14H21BrN2O4S/c1-17(10-4-6-16-7-5-10)22(18,19)14-9-12(20-2)11(15)8-13(14)21-3/h8-10,16H,4-7H2,1-3H3. The maximum atomic E-state index is 12.9. The lowest BCUT2D eigenvalue weighted by Crippen LogP contribution is -2.43. The minimum Gasteiger partial charge on any atom is -0.496 e. The van der Waals surface area contributed by atoms with Gasteiger partial charge in [-0.15, -0.1) is 0 Å². The predicted octanol–water partition coefficient (Wildman–Crippen LogP) is 1.84. The molecule has 0 aromatic heterocycles. The number of hydrogen-bond donors (Lipinski definition) is 1. The van der Waals surface area contributed by atoms with Crippen LogP contribution in [-0.4, -0.2) is 53.1 Å². The van der Waals surface area contributed by atoms with Gasteiger partial charge < -0.3 is 14.8 Å². The van der Waals surface area contributed by atoms with Crippen LogP contribution in [0.4, 0.5) is 0 Å². The molecule has 1 N–H and O–H groups in total. The van der Waals surface area contributed by atoms with Crippen LogP contribution in [-0.2, 0) is 10.0 Å². The molecule has 124 valence electrons. The van der Waals surface area contributed by atoms with Gasteiger partial charge in [-0.1, -0.05) is 0 Å². The van der Waals surface area contributed by atoms with Crippen molar-refractivity contribution in [3.8, 4) is 11.5 Å². The molecule has 1 fully saturated rings. The third-order valence-electron chi connectivity index (χ3n) is 3.92. The van der Waals surface area contributed by atoms with Gasteiger partial charge in [0.05, 0.1) is 18.7 Å². The fourth-order valence-electron chi connectivity index (χ4n) is 2.56. The molecule has 6 nitrogen and oxygen atoms in total. The van der Waals surface area contributed by atoms with Crippen LogP contribution in [0.3, 0.4) is 0 Å². The van der Waals surface area contributed by atoms with Crippen molar-refractivity contribution in [2.75, 3.05) is 34.4 Å². The van der Waals surface area contributed by atoms with Crippen molar-refractivity contribution in [3.63, 3.8) is 0 Å². The number of rotatable bonds is 5. The highest BCUT2D eigenvalue weighted by atomic mass is 79.9. The Morgan fingerprint density at radius 2 is 1.77 bits per heavy atom. The molecule has 1 saturated heterocycles. The molecular formula is C14H21BrN2O4S.